The van der Waals surface area contributed by atoms with Crippen LogP contribution in [0.3, 0.4) is 0 Å². The first-order chi connectivity index (χ1) is 17.6. The molecular weight excluding hydrogens is 476 g/mol. The number of methoxy groups -OCH3 is 1. The molecule has 0 fully saturated rings. The number of hydrogen-bond donors (Lipinski definition) is 0. The average Bonchev–Trinajstić information content (AvgIpc) is 3.31. The molecule has 0 saturated heterocycles. The van der Waals surface area contributed by atoms with E-state index in [9.17, 15) is 9.59 Å². The lowest BCUT2D eigenvalue weighted by atomic mass is 9.97. The van der Waals surface area contributed by atoms with E-state index in [0.29, 0.717) is 11.8 Å². The zero-order chi connectivity index (χ0) is 26.0. The Morgan fingerprint density at radius 3 is 2.28 bits per heavy atom. The fourth-order valence-electron chi connectivity index (χ4n) is 4.16. The smallest absolute Gasteiger partial charge is 0.327 e. The predicted molar refractivity (Wildman–Crippen MR) is 142 cm³/mol. The molecule has 200 valence electrons. The van der Waals surface area contributed by atoms with Gasteiger partial charge in [0.25, 0.3) is 0 Å². The molecule has 1 heterocycles. The number of ether oxygens (including phenoxy) is 2. The summed E-state index contributed by atoms with van der Waals surface area (Å²) in [6.45, 7) is 4.23. The molecule has 0 aliphatic heterocycles. The summed E-state index contributed by atoms with van der Waals surface area (Å²) < 4.78 is 11.4. The summed E-state index contributed by atoms with van der Waals surface area (Å²) in [4.78, 5) is 24.2. The van der Waals surface area contributed by atoms with Crippen LogP contribution in [0.4, 0.5) is 0 Å². The molecule has 0 aliphatic rings. The van der Waals surface area contributed by atoms with Gasteiger partial charge in [0.2, 0.25) is 5.16 Å². The molecule has 9 heteroatoms. The number of carbonyl (C=O) groups excluding carboxylic acids is 2. The van der Waals surface area contributed by atoms with Crippen molar-refractivity contribution in [3.05, 3.63) is 35.4 Å². The first-order valence-corrected chi connectivity index (χ1v) is 14.2. The van der Waals surface area contributed by atoms with Crippen LogP contribution in [0.25, 0.3) is 0 Å². The lowest BCUT2D eigenvalue weighted by Crippen LogP contribution is -2.16. The second kappa shape index (κ2) is 17.9. The number of tetrazole rings is 1. The molecule has 0 amide bonds. The third-order valence-corrected chi connectivity index (χ3v) is 7.32. The Labute approximate surface area is 219 Å². The molecule has 8 nitrogen and oxygen atoms in total. The third-order valence-electron chi connectivity index (χ3n) is 6.11. The van der Waals surface area contributed by atoms with Crippen LogP contribution in [0.15, 0.2) is 29.4 Å². The van der Waals surface area contributed by atoms with Gasteiger partial charge in [-0.2, -0.15) is 0 Å². The Morgan fingerprint density at radius 1 is 0.944 bits per heavy atom. The fourth-order valence-corrected chi connectivity index (χ4v) is 5.30. The number of unbranched alkanes of at least 4 members (excludes halogenated alkanes) is 9. The van der Waals surface area contributed by atoms with Gasteiger partial charge in [0.15, 0.2) is 0 Å². The van der Waals surface area contributed by atoms with Crippen LogP contribution in [0.5, 0.6) is 0 Å². The summed E-state index contributed by atoms with van der Waals surface area (Å²) in [5, 5.41) is 12.0. The van der Waals surface area contributed by atoms with E-state index in [1.165, 1.54) is 86.9 Å². The number of rotatable bonds is 19. The maximum Gasteiger partial charge on any atom is 0.327 e. The van der Waals surface area contributed by atoms with Crippen molar-refractivity contribution in [2.75, 3.05) is 13.7 Å². The van der Waals surface area contributed by atoms with Crippen molar-refractivity contribution in [3.8, 4) is 0 Å². The topological polar surface area (TPSA) is 96.2 Å². The summed E-state index contributed by atoms with van der Waals surface area (Å²) in [6, 6.07) is 8.23. The maximum atomic E-state index is 12.3. The number of nitrogens with zero attached hydrogens (tertiary/aromatic N) is 4. The SMILES string of the molecule is CCCCCCCCCCCCc1ccccc1C(CC(=O)OC)Sc1nnnn1CC(=O)OCC. The molecule has 0 saturated carbocycles. The van der Waals surface area contributed by atoms with Gasteiger partial charge >= 0.3 is 11.9 Å². The van der Waals surface area contributed by atoms with Gasteiger partial charge in [0.1, 0.15) is 6.54 Å². The van der Waals surface area contributed by atoms with Crippen molar-refractivity contribution in [2.24, 2.45) is 0 Å². The van der Waals surface area contributed by atoms with E-state index < -0.39 is 5.97 Å². The lowest BCUT2D eigenvalue weighted by molar-refractivity contribution is -0.144. The van der Waals surface area contributed by atoms with Crippen molar-refractivity contribution in [1.82, 2.24) is 20.2 Å². The van der Waals surface area contributed by atoms with E-state index in [1.54, 1.807) is 6.92 Å². The quantitative estimate of drug-likeness (QED) is 0.125. The first-order valence-electron chi connectivity index (χ1n) is 13.3. The molecule has 0 radical (unpaired) electrons. The second-order valence-electron chi connectivity index (χ2n) is 8.94. The summed E-state index contributed by atoms with van der Waals surface area (Å²) in [5.74, 6) is -0.705. The second-order valence-corrected chi connectivity index (χ2v) is 10.1. The molecule has 0 N–H and O–H groups in total. The molecule has 36 heavy (non-hydrogen) atoms. The van der Waals surface area contributed by atoms with Gasteiger partial charge in [-0.05, 0) is 41.3 Å². The molecule has 1 aromatic carbocycles. The number of benzene rings is 1. The number of thioether (sulfide) groups is 1. The van der Waals surface area contributed by atoms with Crippen molar-refractivity contribution in [1.29, 1.82) is 0 Å². The molecule has 2 rings (SSSR count). The molecule has 0 spiro atoms. The molecule has 1 atom stereocenters. The highest BCUT2D eigenvalue weighted by Crippen LogP contribution is 2.39. The lowest BCUT2D eigenvalue weighted by Gasteiger charge is -2.19. The first kappa shape index (κ1) is 29.8. The van der Waals surface area contributed by atoms with Crippen molar-refractivity contribution in [3.63, 3.8) is 0 Å². The van der Waals surface area contributed by atoms with Gasteiger partial charge in [-0.1, -0.05) is 101 Å². The maximum absolute atomic E-state index is 12.3. The van der Waals surface area contributed by atoms with Gasteiger partial charge in [-0.25, -0.2) is 4.68 Å². The van der Waals surface area contributed by atoms with E-state index in [1.807, 2.05) is 12.1 Å². The zero-order valence-corrected chi connectivity index (χ0v) is 22.9. The standard InChI is InChI=1S/C27H42N4O4S/c1-4-6-7-8-9-10-11-12-13-14-17-22-18-15-16-19-23(22)24(20-25(32)34-3)36-27-28-29-30-31(27)21-26(33)35-5-2/h15-16,18-19,24H,4-14,17,20-21H2,1-3H3. The van der Waals surface area contributed by atoms with Crippen LogP contribution in [0.1, 0.15) is 101 Å². The normalized spacial score (nSPS) is 11.9. The van der Waals surface area contributed by atoms with Crippen molar-refractivity contribution < 1.29 is 19.1 Å². The van der Waals surface area contributed by atoms with Gasteiger partial charge in [0.05, 0.1) is 20.1 Å². The van der Waals surface area contributed by atoms with Gasteiger partial charge in [-0.3, -0.25) is 9.59 Å². The number of aryl methyl sites for hydroxylation is 1. The molecule has 2 aromatic rings. The van der Waals surface area contributed by atoms with Crippen LogP contribution < -0.4 is 0 Å². The number of carbonyl (C=O) groups is 2. The highest BCUT2D eigenvalue weighted by molar-refractivity contribution is 7.99. The number of esters is 2. The fraction of sp³-hybridized carbons (Fsp3) is 0.667. The van der Waals surface area contributed by atoms with Gasteiger partial charge in [0, 0.05) is 5.25 Å². The Kier molecular flexibility index (Phi) is 14.8. The molecule has 1 aromatic heterocycles. The van der Waals surface area contributed by atoms with Crippen LogP contribution >= 0.6 is 11.8 Å². The summed E-state index contributed by atoms with van der Waals surface area (Å²) in [6.07, 6.45) is 14.1. The van der Waals surface area contributed by atoms with E-state index >= 15 is 0 Å². The van der Waals surface area contributed by atoms with Crippen LogP contribution in [-0.4, -0.2) is 45.9 Å². The number of aromatic nitrogens is 4. The van der Waals surface area contributed by atoms with Crippen molar-refractivity contribution >= 4 is 23.7 Å². The Hall–Kier alpha value is -2.42. The zero-order valence-electron chi connectivity index (χ0n) is 22.1. The molecule has 0 aliphatic carbocycles. The summed E-state index contributed by atoms with van der Waals surface area (Å²) in [7, 11) is 1.39. The predicted octanol–water partition coefficient (Wildman–Crippen LogP) is 6.10. The largest absolute Gasteiger partial charge is 0.469 e. The summed E-state index contributed by atoms with van der Waals surface area (Å²) in [5.41, 5.74) is 2.30. The highest BCUT2D eigenvalue weighted by Gasteiger charge is 2.24. The van der Waals surface area contributed by atoms with E-state index in [2.05, 4.69) is 34.6 Å². The molecule has 1 unspecified atom stereocenters. The minimum absolute atomic E-state index is 0.0750. The van der Waals surface area contributed by atoms with E-state index in [4.69, 9.17) is 9.47 Å². The Balaban J connectivity index is 1.98. The Morgan fingerprint density at radius 2 is 1.61 bits per heavy atom. The minimum Gasteiger partial charge on any atom is -0.469 e. The summed E-state index contributed by atoms with van der Waals surface area (Å²) >= 11 is 1.37. The van der Waals surface area contributed by atoms with Crippen molar-refractivity contribution in [2.45, 2.75) is 108 Å². The highest BCUT2D eigenvalue weighted by atomic mass is 32.2. The molecular formula is C27H42N4O4S. The van der Waals surface area contributed by atoms with E-state index in [0.717, 1.165) is 18.4 Å². The van der Waals surface area contributed by atoms with Crippen LogP contribution in [0, 0.1) is 0 Å². The van der Waals surface area contributed by atoms with E-state index in [-0.39, 0.29) is 24.2 Å². The Bertz CT molecular complexity index is 905. The van der Waals surface area contributed by atoms with Crippen LogP contribution in [0.2, 0.25) is 0 Å². The van der Waals surface area contributed by atoms with Crippen LogP contribution in [-0.2, 0) is 32.0 Å². The van der Waals surface area contributed by atoms with Gasteiger partial charge in [-0.15, -0.1) is 5.10 Å². The van der Waals surface area contributed by atoms with Gasteiger partial charge < -0.3 is 9.47 Å². The average molecular weight is 519 g/mol. The number of hydrogen-bond acceptors (Lipinski definition) is 8. The molecule has 0 bridgehead atoms. The third kappa shape index (κ3) is 11.1. The monoisotopic (exact) mass is 518 g/mol. The minimum atomic E-state index is -0.405.